The van der Waals surface area contributed by atoms with Crippen LogP contribution in [0.4, 0.5) is 0 Å². The van der Waals surface area contributed by atoms with Gasteiger partial charge in [0.05, 0.1) is 6.21 Å². The number of aromatic amines is 1. The Kier molecular flexibility index (Phi) is 4.35. The van der Waals surface area contributed by atoms with Crippen molar-refractivity contribution < 1.29 is 4.42 Å². The Morgan fingerprint density at radius 2 is 2.04 bits per heavy atom. The van der Waals surface area contributed by atoms with Crippen molar-refractivity contribution in [1.82, 2.24) is 14.9 Å². The Hall–Kier alpha value is -2.32. The molecule has 0 aliphatic rings. The van der Waals surface area contributed by atoms with Crippen LogP contribution in [0.25, 0.3) is 11.3 Å². The molecule has 6 nitrogen and oxygen atoms in total. The highest BCUT2D eigenvalue weighted by Gasteiger charge is 2.04. The minimum Gasteiger partial charge on any atom is -0.455 e. The van der Waals surface area contributed by atoms with Crippen molar-refractivity contribution in [3.8, 4) is 11.3 Å². The minimum absolute atomic E-state index is 0.122. The summed E-state index contributed by atoms with van der Waals surface area (Å²) in [6.07, 6.45) is 1.44. The van der Waals surface area contributed by atoms with Crippen LogP contribution in [0.15, 0.2) is 55.2 Å². The Morgan fingerprint density at radius 3 is 2.78 bits per heavy atom. The maximum absolute atomic E-state index is 11.9. The summed E-state index contributed by atoms with van der Waals surface area (Å²) < 4.78 is 7.89. The van der Waals surface area contributed by atoms with Crippen molar-refractivity contribution in [3.63, 3.8) is 0 Å². The summed E-state index contributed by atoms with van der Waals surface area (Å²) in [4.78, 5) is 11.9. The number of halogens is 1. The molecule has 0 fully saturated rings. The zero-order valence-corrected chi connectivity index (χ0v) is 14.4. The average molecular weight is 391 g/mol. The van der Waals surface area contributed by atoms with Gasteiger partial charge in [0.1, 0.15) is 17.2 Å². The van der Waals surface area contributed by atoms with Crippen LogP contribution in [-0.4, -0.2) is 21.1 Å². The van der Waals surface area contributed by atoms with Crippen molar-refractivity contribution >= 4 is 34.4 Å². The van der Waals surface area contributed by atoms with Gasteiger partial charge in [-0.15, -0.1) is 0 Å². The Morgan fingerprint density at radius 1 is 1.30 bits per heavy atom. The number of aryl methyl sites for hydroxylation is 1. The smallest absolute Gasteiger partial charge is 0.296 e. The molecular formula is C15H11BrN4O2S. The summed E-state index contributed by atoms with van der Waals surface area (Å²) in [7, 11) is 0. The van der Waals surface area contributed by atoms with Gasteiger partial charge in [-0.1, -0.05) is 28.1 Å². The van der Waals surface area contributed by atoms with E-state index in [2.05, 4.69) is 31.2 Å². The molecule has 23 heavy (non-hydrogen) atoms. The van der Waals surface area contributed by atoms with E-state index in [0.717, 1.165) is 14.7 Å². The van der Waals surface area contributed by atoms with Crippen molar-refractivity contribution in [2.24, 2.45) is 5.10 Å². The van der Waals surface area contributed by atoms with E-state index in [-0.39, 0.29) is 16.0 Å². The van der Waals surface area contributed by atoms with E-state index >= 15 is 0 Å². The highest BCUT2D eigenvalue weighted by atomic mass is 79.9. The molecule has 0 bridgehead atoms. The number of H-pyrrole nitrogens is 1. The van der Waals surface area contributed by atoms with E-state index in [0.29, 0.717) is 11.5 Å². The van der Waals surface area contributed by atoms with Crippen LogP contribution in [0.2, 0.25) is 0 Å². The average Bonchev–Trinajstić information content (AvgIpc) is 3.01. The SMILES string of the molecule is Cc1n[nH]c(=S)n(/N=C/c2ccc(-c3ccc(Br)cc3)o2)c1=O. The molecule has 1 N–H and O–H groups in total. The number of nitrogens with one attached hydrogen (secondary N) is 1. The standard InChI is InChI=1S/C15H11BrN4O2S/c1-9-14(21)20(15(23)19-18-9)17-8-12-6-7-13(22-12)10-2-4-11(16)5-3-10/h2-8H,1H3,(H,19,23)/b17-8+. The second-order valence-corrected chi connectivity index (χ2v) is 5.99. The van der Waals surface area contributed by atoms with Gasteiger partial charge >= 0.3 is 0 Å². The number of hydrogen-bond acceptors (Lipinski definition) is 5. The van der Waals surface area contributed by atoms with E-state index < -0.39 is 0 Å². The molecule has 2 aromatic heterocycles. The fourth-order valence-corrected chi connectivity index (χ4v) is 2.32. The fraction of sp³-hybridized carbons (Fsp3) is 0.0667. The highest BCUT2D eigenvalue weighted by molar-refractivity contribution is 9.10. The molecule has 2 heterocycles. The Balaban J connectivity index is 1.90. The third kappa shape index (κ3) is 3.38. The van der Waals surface area contributed by atoms with Crippen molar-refractivity contribution in [2.45, 2.75) is 6.92 Å². The van der Waals surface area contributed by atoms with Crippen LogP contribution in [0, 0.1) is 11.7 Å². The number of benzene rings is 1. The molecule has 0 spiro atoms. The first kappa shape index (κ1) is 15.6. The third-order valence-electron chi connectivity index (χ3n) is 3.07. The van der Waals surface area contributed by atoms with Crippen LogP contribution in [0.1, 0.15) is 11.5 Å². The maximum Gasteiger partial charge on any atom is 0.296 e. The van der Waals surface area contributed by atoms with Gasteiger partial charge in [0, 0.05) is 10.0 Å². The van der Waals surface area contributed by atoms with Gasteiger partial charge in [0.25, 0.3) is 5.56 Å². The molecule has 0 saturated heterocycles. The first-order chi connectivity index (χ1) is 11.0. The molecule has 0 amide bonds. The number of rotatable bonds is 3. The summed E-state index contributed by atoms with van der Waals surface area (Å²) in [6.45, 7) is 1.58. The fourth-order valence-electron chi connectivity index (χ4n) is 1.88. The van der Waals surface area contributed by atoms with Gasteiger partial charge in [-0.05, 0) is 43.4 Å². The molecule has 0 atom stereocenters. The molecule has 0 aliphatic carbocycles. The van der Waals surface area contributed by atoms with Crippen LogP contribution >= 0.6 is 28.1 Å². The molecule has 8 heteroatoms. The van der Waals surface area contributed by atoms with Gasteiger partial charge in [-0.25, -0.2) is 0 Å². The number of nitrogens with zero attached hydrogens (tertiary/aromatic N) is 3. The molecular weight excluding hydrogens is 380 g/mol. The molecule has 116 valence electrons. The predicted molar refractivity (Wildman–Crippen MR) is 93.3 cm³/mol. The lowest BCUT2D eigenvalue weighted by atomic mass is 10.2. The van der Waals surface area contributed by atoms with Crippen molar-refractivity contribution in [1.29, 1.82) is 0 Å². The van der Waals surface area contributed by atoms with Crippen molar-refractivity contribution in [2.75, 3.05) is 0 Å². The Bertz CT molecular complexity index is 986. The zero-order chi connectivity index (χ0) is 16.4. The summed E-state index contributed by atoms with van der Waals surface area (Å²) in [5.41, 5.74) is 0.859. The van der Waals surface area contributed by atoms with Crippen molar-refractivity contribution in [3.05, 3.63) is 67.4 Å². The van der Waals surface area contributed by atoms with Crippen LogP contribution in [-0.2, 0) is 0 Å². The van der Waals surface area contributed by atoms with Gasteiger partial charge < -0.3 is 4.42 Å². The number of aromatic nitrogens is 3. The zero-order valence-electron chi connectivity index (χ0n) is 12.0. The third-order valence-corrected chi connectivity index (χ3v) is 3.86. The lowest BCUT2D eigenvalue weighted by Crippen LogP contribution is -2.22. The summed E-state index contributed by atoms with van der Waals surface area (Å²) in [6, 6.07) is 11.4. The lowest BCUT2D eigenvalue weighted by molar-refractivity contribution is 0.573. The number of hydrogen-bond donors (Lipinski definition) is 1. The number of furan rings is 1. The normalized spacial score (nSPS) is 11.2. The molecule has 0 aliphatic heterocycles. The van der Waals surface area contributed by atoms with Crippen LogP contribution in [0.5, 0.6) is 0 Å². The first-order valence-corrected chi connectivity index (χ1v) is 7.83. The summed E-state index contributed by atoms with van der Waals surface area (Å²) in [5, 5.41) is 10.4. The van der Waals surface area contributed by atoms with Gasteiger partial charge in [0.2, 0.25) is 4.77 Å². The first-order valence-electron chi connectivity index (χ1n) is 6.63. The minimum atomic E-state index is -0.371. The predicted octanol–water partition coefficient (Wildman–Crippen LogP) is 3.51. The topological polar surface area (TPSA) is 76.2 Å². The van der Waals surface area contributed by atoms with Crippen LogP contribution in [0.3, 0.4) is 0 Å². The highest BCUT2D eigenvalue weighted by Crippen LogP contribution is 2.23. The quantitative estimate of drug-likeness (QED) is 0.548. The second kappa shape index (κ2) is 6.43. The van der Waals surface area contributed by atoms with E-state index in [1.165, 1.54) is 6.21 Å². The molecule has 0 unspecified atom stereocenters. The monoisotopic (exact) mass is 390 g/mol. The van der Waals surface area contributed by atoms with E-state index in [9.17, 15) is 4.79 Å². The maximum atomic E-state index is 11.9. The van der Waals surface area contributed by atoms with E-state index in [1.807, 2.05) is 30.3 Å². The van der Waals surface area contributed by atoms with E-state index in [4.69, 9.17) is 16.6 Å². The van der Waals surface area contributed by atoms with Gasteiger partial charge in [-0.3, -0.25) is 9.89 Å². The van der Waals surface area contributed by atoms with Crippen LogP contribution < -0.4 is 5.56 Å². The molecule has 1 aromatic carbocycles. The summed E-state index contributed by atoms with van der Waals surface area (Å²) in [5.74, 6) is 1.22. The Labute approximate surface area is 144 Å². The lowest BCUT2D eigenvalue weighted by Gasteiger charge is -1.98. The second-order valence-electron chi connectivity index (χ2n) is 4.68. The largest absolute Gasteiger partial charge is 0.455 e. The van der Waals surface area contributed by atoms with E-state index in [1.54, 1.807) is 13.0 Å². The summed E-state index contributed by atoms with van der Waals surface area (Å²) >= 11 is 8.40. The molecule has 0 radical (unpaired) electrons. The molecule has 3 rings (SSSR count). The van der Waals surface area contributed by atoms with Gasteiger partial charge in [-0.2, -0.15) is 14.9 Å². The molecule has 3 aromatic rings. The van der Waals surface area contributed by atoms with Gasteiger partial charge in [0.15, 0.2) is 0 Å². The molecule has 0 saturated carbocycles.